The van der Waals surface area contributed by atoms with Crippen molar-refractivity contribution in [2.45, 2.75) is 64.1 Å². The summed E-state index contributed by atoms with van der Waals surface area (Å²) in [5, 5.41) is 0. The van der Waals surface area contributed by atoms with Crippen LogP contribution in [0.3, 0.4) is 0 Å². The van der Waals surface area contributed by atoms with E-state index in [0.717, 1.165) is 31.6 Å². The molecule has 1 atom stereocenters. The lowest BCUT2D eigenvalue weighted by atomic mass is 9.90. The van der Waals surface area contributed by atoms with Crippen LogP contribution in [0.1, 0.15) is 57.6 Å². The Hall–Kier alpha value is -1.06. The van der Waals surface area contributed by atoms with Crippen molar-refractivity contribution in [3.05, 3.63) is 29.8 Å². The Kier molecular flexibility index (Phi) is 6.07. The molecular weight excluding hydrogens is 260 g/mol. The summed E-state index contributed by atoms with van der Waals surface area (Å²) in [4.78, 5) is 2.51. The predicted molar refractivity (Wildman–Crippen MR) is 88.6 cm³/mol. The van der Waals surface area contributed by atoms with Gasteiger partial charge in [0.05, 0.1) is 6.61 Å². The van der Waals surface area contributed by atoms with Crippen LogP contribution in [-0.2, 0) is 0 Å². The van der Waals surface area contributed by atoms with Crippen LogP contribution in [0.4, 0.5) is 0 Å². The molecule has 1 aliphatic carbocycles. The lowest BCUT2D eigenvalue weighted by molar-refractivity contribution is 0.140. The van der Waals surface area contributed by atoms with Gasteiger partial charge in [0.1, 0.15) is 5.75 Å². The van der Waals surface area contributed by atoms with Crippen molar-refractivity contribution in [3.63, 3.8) is 0 Å². The van der Waals surface area contributed by atoms with Crippen LogP contribution in [-0.4, -0.2) is 30.6 Å². The fourth-order valence-electron chi connectivity index (χ4n) is 3.12. The van der Waals surface area contributed by atoms with E-state index < -0.39 is 0 Å². The molecule has 0 amide bonds. The van der Waals surface area contributed by atoms with Crippen LogP contribution < -0.4 is 10.5 Å². The Balaban J connectivity index is 1.93. The van der Waals surface area contributed by atoms with E-state index in [0.29, 0.717) is 18.1 Å². The summed E-state index contributed by atoms with van der Waals surface area (Å²) in [6.45, 7) is 5.20. The molecule has 0 aromatic heterocycles. The summed E-state index contributed by atoms with van der Waals surface area (Å²) in [5.41, 5.74) is 7.37. The first-order chi connectivity index (χ1) is 10.1. The van der Waals surface area contributed by atoms with Crippen molar-refractivity contribution in [1.82, 2.24) is 4.90 Å². The molecule has 21 heavy (non-hydrogen) atoms. The molecule has 3 heteroatoms. The summed E-state index contributed by atoms with van der Waals surface area (Å²) in [5.74, 6) is 0.971. The summed E-state index contributed by atoms with van der Waals surface area (Å²) in [6.07, 6.45) is 5.81. The Morgan fingerprint density at radius 2 is 1.81 bits per heavy atom. The minimum atomic E-state index is 0.417. The second-order valence-corrected chi connectivity index (χ2v) is 6.33. The maximum absolute atomic E-state index is 6.01. The van der Waals surface area contributed by atoms with E-state index in [1.54, 1.807) is 0 Å². The molecule has 1 fully saturated rings. The fourth-order valence-corrected chi connectivity index (χ4v) is 3.12. The standard InChI is InChI=1S/C18H30N2O/c1-4-13-21-18-11-5-15(6-12-18)14(2)20(3)17-9-7-16(19)8-10-17/h5-6,11-12,14,16-17H,4,7-10,13,19H2,1-3H3. The maximum atomic E-state index is 6.01. The first-order valence-electron chi connectivity index (χ1n) is 8.32. The van der Waals surface area contributed by atoms with Crippen LogP contribution >= 0.6 is 0 Å². The first kappa shape index (κ1) is 16.3. The number of nitrogens with two attached hydrogens (primary N) is 1. The van der Waals surface area contributed by atoms with Gasteiger partial charge >= 0.3 is 0 Å². The fraction of sp³-hybridized carbons (Fsp3) is 0.667. The Morgan fingerprint density at radius 3 is 2.38 bits per heavy atom. The molecule has 1 aliphatic rings. The van der Waals surface area contributed by atoms with Crippen LogP contribution in [0, 0.1) is 0 Å². The van der Waals surface area contributed by atoms with Gasteiger partial charge in [0, 0.05) is 18.1 Å². The van der Waals surface area contributed by atoms with E-state index in [9.17, 15) is 0 Å². The van der Waals surface area contributed by atoms with E-state index in [1.165, 1.54) is 18.4 Å². The zero-order valence-electron chi connectivity index (χ0n) is 13.7. The third-order valence-corrected chi connectivity index (χ3v) is 4.76. The third kappa shape index (κ3) is 4.45. The minimum absolute atomic E-state index is 0.417. The van der Waals surface area contributed by atoms with E-state index in [2.05, 4.69) is 50.1 Å². The number of nitrogens with zero attached hydrogens (tertiary/aromatic N) is 1. The third-order valence-electron chi connectivity index (χ3n) is 4.76. The molecule has 0 spiro atoms. The van der Waals surface area contributed by atoms with Crippen LogP contribution in [0.5, 0.6) is 5.75 Å². The van der Waals surface area contributed by atoms with Gasteiger partial charge in [-0.2, -0.15) is 0 Å². The molecule has 118 valence electrons. The normalized spacial score (nSPS) is 24.0. The Bertz CT molecular complexity index is 410. The van der Waals surface area contributed by atoms with Gasteiger partial charge in [-0.3, -0.25) is 4.90 Å². The molecular formula is C18H30N2O. The van der Waals surface area contributed by atoms with Gasteiger partial charge in [-0.15, -0.1) is 0 Å². The quantitative estimate of drug-likeness (QED) is 0.867. The molecule has 0 saturated heterocycles. The Morgan fingerprint density at radius 1 is 1.19 bits per heavy atom. The van der Waals surface area contributed by atoms with Crippen LogP contribution in [0.25, 0.3) is 0 Å². The lowest BCUT2D eigenvalue weighted by Crippen LogP contribution is -2.39. The highest BCUT2D eigenvalue weighted by Crippen LogP contribution is 2.29. The lowest BCUT2D eigenvalue weighted by Gasteiger charge is -2.37. The molecule has 1 unspecified atom stereocenters. The highest BCUT2D eigenvalue weighted by molar-refractivity contribution is 5.29. The number of ether oxygens (including phenoxy) is 1. The molecule has 0 heterocycles. The highest BCUT2D eigenvalue weighted by Gasteiger charge is 2.25. The van der Waals surface area contributed by atoms with Gasteiger partial charge < -0.3 is 10.5 Å². The molecule has 0 radical (unpaired) electrons. The van der Waals surface area contributed by atoms with Gasteiger partial charge in [-0.05, 0) is 63.8 Å². The molecule has 2 N–H and O–H groups in total. The largest absolute Gasteiger partial charge is 0.494 e. The molecule has 0 bridgehead atoms. The topological polar surface area (TPSA) is 38.5 Å². The number of rotatable bonds is 6. The second kappa shape index (κ2) is 7.81. The summed E-state index contributed by atoms with van der Waals surface area (Å²) >= 11 is 0. The van der Waals surface area contributed by atoms with Crippen LogP contribution in [0.2, 0.25) is 0 Å². The van der Waals surface area contributed by atoms with Crippen molar-refractivity contribution in [2.75, 3.05) is 13.7 Å². The average molecular weight is 290 g/mol. The summed E-state index contributed by atoms with van der Waals surface area (Å²) in [6, 6.07) is 10.1. The predicted octanol–water partition coefficient (Wildman–Crippen LogP) is 3.74. The smallest absolute Gasteiger partial charge is 0.119 e. The van der Waals surface area contributed by atoms with E-state index >= 15 is 0 Å². The zero-order chi connectivity index (χ0) is 15.2. The van der Waals surface area contributed by atoms with Gasteiger partial charge in [0.15, 0.2) is 0 Å². The van der Waals surface area contributed by atoms with E-state index in [1.807, 2.05) is 0 Å². The molecule has 1 aromatic rings. The van der Waals surface area contributed by atoms with Gasteiger partial charge in [-0.1, -0.05) is 19.1 Å². The van der Waals surface area contributed by atoms with Crippen molar-refractivity contribution in [3.8, 4) is 5.75 Å². The van der Waals surface area contributed by atoms with Gasteiger partial charge in [0.25, 0.3) is 0 Å². The van der Waals surface area contributed by atoms with Gasteiger partial charge in [0.2, 0.25) is 0 Å². The number of hydrogen-bond donors (Lipinski definition) is 1. The summed E-state index contributed by atoms with van der Waals surface area (Å²) < 4.78 is 5.65. The SMILES string of the molecule is CCCOc1ccc(C(C)N(C)C2CCC(N)CC2)cc1. The van der Waals surface area contributed by atoms with E-state index in [4.69, 9.17) is 10.5 Å². The van der Waals surface area contributed by atoms with Crippen molar-refractivity contribution < 1.29 is 4.74 Å². The van der Waals surface area contributed by atoms with E-state index in [-0.39, 0.29) is 0 Å². The number of benzene rings is 1. The average Bonchev–Trinajstić information content (AvgIpc) is 2.53. The van der Waals surface area contributed by atoms with Crippen molar-refractivity contribution in [1.29, 1.82) is 0 Å². The highest BCUT2D eigenvalue weighted by atomic mass is 16.5. The second-order valence-electron chi connectivity index (χ2n) is 6.33. The molecule has 3 nitrogen and oxygen atoms in total. The molecule has 2 rings (SSSR count). The molecule has 1 saturated carbocycles. The zero-order valence-corrected chi connectivity index (χ0v) is 13.7. The van der Waals surface area contributed by atoms with Crippen LogP contribution in [0.15, 0.2) is 24.3 Å². The maximum Gasteiger partial charge on any atom is 0.119 e. The molecule has 1 aromatic carbocycles. The first-order valence-corrected chi connectivity index (χ1v) is 8.32. The molecule has 0 aliphatic heterocycles. The Labute approximate surface area is 129 Å². The van der Waals surface area contributed by atoms with Crippen molar-refractivity contribution in [2.24, 2.45) is 5.73 Å². The summed E-state index contributed by atoms with van der Waals surface area (Å²) in [7, 11) is 2.24. The monoisotopic (exact) mass is 290 g/mol. The van der Waals surface area contributed by atoms with Crippen molar-refractivity contribution >= 4 is 0 Å². The number of hydrogen-bond acceptors (Lipinski definition) is 3. The minimum Gasteiger partial charge on any atom is -0.494 e. The van der Waals surface area contributed by atoms with Gasteiger partial charge in [-0.25, -0.2) is 0 Å².